The Morgan fingerprint density at radius 1 is 1.04 bits per heavy atom. The molecule has 25 heavy (non-hydrogen) atoms. The topological polar surface area (TPSA) is 53.1 Å². The molecule has 2 aliphatic rings. The summed E-state index contributed by atoms with van der Waals surface area (Å²) in [6.07, 6.45) is 2.18. The molecule has 2 aliphatic heterocycles. The van der Waals surface area contributed by atoms with Crippen LogP contribution in [0.1, 0.15) is 24.8 Å². The molecule has 0 aliphatic carbocycles. The molecule has 2 amide bonds. The van der Waals surface area contributed by atoms with Crippen LogP contribution < -0.4 is 0 Å². The molecule has 136 valence electrons. The van der Waals surface area contributed by atoms with Gasteiger partial charge in [-0.25, -0.2) is 4.79 Å². The average Bonchev–Trinajstić information content (AvgIpc) is 3.02. The number of hydrogen-bond acceptors (Lipinski definition) is 4. The number of ether oxygens (including phenoxy) is 1. The molecule has 2 saturated heterocycles. The molecule has 0 N–H and O–H groups in total. The number of carbonyl (C=O) groups is 2. The predicted molar refractivity (Wildman–Crippen MR) is 95.0 cm³/mol. The molecule has 6 nitrogen and oxygen atoms in total. The summed E-state index contributed by atoms with van der Waals surface area (Å²) in [7, 11) is 2.08. The van der Waals surface area contributed by atoms with Gasteiger partial charge in [0.1, 0.15) is 12.6 Å². The van der Waals surface area contributed by atoms with E-state index < -0.39 is 0 Å². The number of amides is 2. The highest BCUT2D eigenvalue weighted by atomic mass is 16.6. The Morgan fingerprint density at radius 3 is 2.64 bits per heavy atom. The van der Waals surface area contributed by atoms with E-state index in [-0.39, 0.29) is 24.6 Å². The number of likely N-dealkylation sites (N-methyl/N-ethyl adjacent to an activating group) is 1. The number of nitrogens with zero attached hydrogens (tertiary/aromatic N) is 3. The molecular formula is C19H27N3O3. The van der Waals surface area contributed by atoms with Crippen molar-refractivity contribution in [2.24, 2.45) is 0 Å². The third kappa shape index (κ3) is 4.51. The Balaban J connectivity index is 1.57. The van der Waals surface area contributed by atoms with E-state index >= 15 is 0 Å². The van der Waals surface area contributed by atoms with Crippen LogP contribution in [0.5, 0.6) is 0 Å². The first-order valence-corrected chi connectivity index (χ1v) is 9.10. The summed E-state index contributed by atoms with van der Waals surface area (Å²) in [6, 6.07) is 9.25. The molecular weight excluding hydrogens is 318 g/mol. The fraction of sp³-hybridized carbons (Fsp3) is 0.579. The predicted octanol–water partition coefficient (Wildman–Crippen LogP) is 1.95. The van der Waals surface area contributed by atoms with Gasteiger partial charge in [0.25, 0.3) is 0 Å². The second-order valence-electron chi connectivity index (χ2n) is 6.87. The molecule has 1 aromatic rings. The van der Waals surface area contributed by atoms with Crippen LogP contribution in [0.4, 0.5) is 4.79 Å². The molecule has 2 fully saturated rings. The van der Waals surface area contributed by atoms with Gasteiger partial charge in [0.2, 0.25) is 5.91 Å². The lowest BCUT2D eigenvalue weighted by molar-refractivity contribution is -0.135. The van der Waals surface area contributed by atoms with Gasteiger partial charge in [-0.3, -0.25) is 9.69 Å². The van der Waals surface area contributed by atoms with Gasteiger partial charge in [-0.15, -0.1) is 0 Å². The van der Waals surface area contributed by atoms with Crippen molar-refractivity contribution < 1.29 is 14.3 Å². The van der Waals surface area contributed by atoms with E-state index in [0.29, 0.717) is 6.54 Å². The van der Waals surface area contributed by atoms with Crippen LogP contribution in [0.3, 0.4) is 0 Å². The zero-order chi connectivity index (χ0) is 17.6. The maximum atomic E-state index is 12.9. The highest BCUT2D eigenvalue weighted by Crippen LogP contribution is 2.21. The average molecular weight is 345 g/mol. The van der Waals surface area contributed by atoms with Crippen LogP contribution in [-0.2, 0) is 16.1 Å². The fourth-order valence-corrected chi connectivity index (χ4v) is 3.52. The van der Waals surface area contributed by atoms with Gasteiger partial charge in [0.05, 0.1) is 0 Å². The SMILES string of the molecule is CN1CCCN(C(=O)[C@H]2CCCN2C(=O)OCc2ccccc2)CC1. The summed E-state index contributed by atoms with van der Waals surface area (Å²) < 4.78 is 5.43. The van der Waals surface area contributed by atoms with Crippen molar-refractivity contribution in [3.8, 4) is 0 Å². The molecule has 0 saturated carbocycles. The lowest BCUT2D eigenvalue weighted by atomic mass is 10.2. The second kappa shape index (κ2) is 8.34. The molecule has 0 spiro atoms. The molecule has 0 aromatic heterocycles. The molecule has 3 rings (SSSR count). The smallest absolute Gasteiger partial charge is 0.410 e. The number of rotatable bonds is 3. The van der Waals surface area contributed by atoms with Gasteiger partial charge >= 0.3 is 6.09 Å². The third-order valence-electron chi connectivity index (χ3n) is 5.01. The third-order valence-corrected chi connectivity index (χ3v) is 5.01. The summed E-state index contributed by atoms with van der Waals surface area (Å²) >= 11 is 0. The van der Waals surface area contributed by atoms with E-state index in [0.717, 1.165) is 51.0 Å². The van der Waals surface area contributed by atoms with Crippen LogP contribution >= 0.6 is 0 Å². The van der Waals surface area contributed by atoms with Gasteiger partial charge in [-0.1, -0.05) is 30.3 Å². The highest BCUT2D eigenvalue weighted by Gasteiger charge is 2.37. The lowest BCUT2D eigenvalue weighted by Gasteiger charge is -2.29. The largest absolute Gasteiger partial charge is 0.445 e. The zero-order valence-electron chi connectivity index (χ0n) is 14.9. The van der Waals surface area contributed by atoms with Crippen LogP contribution in [0.25, 0.3) is 0 Å². The van der Waals surface area contributed by atoms with E-state index in [1.54, 1.807) is 4.90 Å². The molecule has 0 bridgehead atoms. The van der Waals surface area contributed by atoms with Crippen LogP contribution in [0.2, 0.25) is 0 Å². The molecule has 1 atom stereocenters. The first kappa shape index (κ1) is 17.7. The summed E-state index contributed by atoms with van der Waals surface area (Å²) in [6.45, 7) is 4.24. The Hall–Kier alpha value is -2.08. The van der Waals surface area contributed by atoms with Crippen molar-refractivity contribution in [3.63, 3.8) is 0 Å². The molecule has 6 heteroatoms. The van der Waals surface area contributed by atoms with Crippen molar-refractivity contribution in [1.29, 1.82) is 0 Å². The molecule has 0 unspecified atom stereocenters. The lowest BCUT2D eigenvalue weighted by Crippen LogP contribution is -2.48. The quantitative estimate of drug-likeness (QED) is 0.840. The number of carbonyl (C=O) groups excluding carboxylic acids is 2. The highest BCUT2D eigenvalue weighted by molar-refractivity contribution is 5.86. The second-order valence-corrected chi connectivity index (χ2v) is 6.87. The monoisotopic (exact) mass is 345 g/mol. The van der Waals surface area contributed by atoms with Gasteiger partial charge in [-0.2, -0.15) is 0 Å². The van der Waals surface area contributed by atoms with Gasteiger partial charge < -0.3 is 14.5 Å². The number of hydrogen-bond donors (Lipinski definition) is 0. The van der Waals surface area contributed by atoms with Gasteiger partial charge in [0, 0.05) is 26.2 Å². The van der Waals surface area contributed by atoms with Crippen LogP contribution in [0, 0.1) is 0 Å². The van der Waals surface area contributed by atoms with Gasteiger partial charge in [-0.05, 0) is 38.4 Å². The minimum atomic E-state index is -0.383. The number of likely N-dealkylation sites (tertiary alicyclic amines) is 1. The van der Waals surface area contributed by atoms with Crippen molar-refractivity contribution in [2.45, 2.75) is 31.9 Å². The maximum absolute atomic E-state index is 12.9. The van der Waals surface area contributed by atoms with Crippen molar-refractivity contribution >= 4 is 12.0 Å². The first-order valence-electron chi connectivity index (χ1n) is 9.10. The summed E-state index contributed by atoms with van der Waals surface area (Å²) in [5.74, 6) is 0.0736. The number of benzene rings is 1. The first-order chi connectivity index (χ1) is 12.1. The Labute approximate surface area is 149 Å². The van der Waals surface area contributed by atoms with Crippen LogP contribution in [0.15, 0.2) is 30.3 Å². The standard InChI is InChI=1S/C19H27N3O3/c1-20-10-6-11-21(14-13-20)18(23)17-9-5-12-22(17)19(24)25-15-16-7-3-2-4-8-16/h2-4,7-8,17H,5-6,9-15H2,1H3/t17-/m1/s1. The Kier molecular flexibility index (Phi) is 5.91. The van der Waals surface area contributed by atoms with E-state index in [1.165, 1.54) is 0 Å². The molecule has 0 radical (unpaired) electrons. The summed E-state index contributed by atoms with van der Waals surface area (Å²) in [4.78, 5) is 31.1. The Morgan fingerprint density at radius 2 is 1.84 bits per heavy atom. The molecule has 1 aromatic carbocycles. The van der Waals surface area contributed by atoms with E-state index in [4.69, 9.17) is 4.74 Å². The van der Waals surface area contributed by atoms with E-state index in [2.05, 4.69) is 11.9 Å². The van der Waals surface area contributed by atoms with E-state index in [9.17, 15) is 9.59 Å². The van der Waals surface area contributed by atoms with Crippen LogP contribution in [-0.4, -0.2) is 72.5 Å². The normalized spacial score (nSPS) is 21.9. The van der Waals surface area contributed by atoms with Gasteiger partial charge in [0.15, 0.2) is 0 Å². The minimum absolute atomic E-state index is 0.0736. The maximum Gasteiger partial charge on any atom is 0.410 e. The Bertz CT molecular complexity index is 593. The van der Waals surface area contributed by atoms with Crippen molar-refractivity contribution in [1.82, 2.24) is 14.7 Å². The summed E-state index contributed by atoms with van der Waals surface area (Å²) in [5, 5.41) is 0. The zero-order valence-corrected chi connectivity index (χ0v) is 14.9. The fourth-order valence-electron chi connectivity index (χ4n) is 3.52. The molecule has 2 heterocycles. The van der Waals surface area contributed by atoms with Crippen molar-refractivity contribution in [3.05, 3.63) is 35.9 Å². The summed E-state index contributed by atoms with van der Waals surface area (Å²) in [5.41, 5.74) is 0.952. The van der Waals surface area contributed by atoms with E-state index in [1.807, 2.05) is 35.2 Å². The minimum Gasteiger partial charge on any atom is -0.445 e. The van der Waals surface area contributed by atoms with Crippen molar-refractivity contribution in [2.75, 3.05) is 39.8 Å².